The molecule has 0 aliphatic heterocycles. The largest absolute Gasteiger partial charge is 0.497 e. The van der Waals surface area contributed by atoms with E-state index in [4.69, 9.17) is 56.9 Å². The Morgan fingerprint density at radius 2 is 1.63 bits per heavy atom. The topological polar surface area (TPSA) is 123 Å². The molecule has 0 aliphatic rings. The van der Waals surface area contributed by atoms with Gasteiger partial charge in [-0.1, -0.05) is 34.8 Å². The summed E-state index contributed by atoms with van der Waals surface area (Å²) in [5.41, 5.74) is 0.763. The Morgan fingerprint density at radius 3 is 2.10 bits per heavy atom. The van der Waals surface area contributed by atoms with Crippen molar-refractivity contribution in [1.29, 1.82) is 0 Å². The maximum absolute atomic E-state index is 12.5. The number of methoxy groups -OCH3 is 1. The fraction of sp³-hybridized carbons (Fsp3) is 0.176. The van der Waals surface area contributed by atoms with Crippen LogP contribution in [0, 0.1) is 0 Å². The van der Waals surface area contributed by atoms with E-state index in [0.717, 1.165) is 0 Å². The zero-order valence-corrected chi connectivity index (χ0v) is 19.3. The van der Waals surface area contributed by atoms with Crippen molar-refractivity contribution >= 4 is 73.8 Å². The van der Waals surface area contributed by atoms with Gasteiger partial charge in [0.1, 0.15) is 11.9 Å². The second-order valence-electron chi connectivity index (χ2n) is 5.84. The Kier molecular flexibility index (Phi) is 8.14. The van der Waals surface area contributed by atoms with Gasteiger partial charge >= 0.3 is 0 Å². The Bertz CT molecular complexity index is 1010. The van der Waals surface area contributed by atoms with Crippen LogP contribution >= 0.6 is 47.0 Å². The van der Waals surface area contributed by atoms with Crippen LogP contribution in [0.15, 0.2) is 53.4 Å². The molecule has 2 aromatic carbocycles. The highest BCUT2D eigenvalue weighted by Crippen LogP contribution is 2.29. The number of carbonyl (C=O) groups is 1. The number of nitrogens with two attached hydrogens (primary N) is 1. The van der Waals surface area contributed by atoms with Gasteiger partial charge in [-0.15, -0.1) is 0 Å². The minimum absolute atomic E-state index is 0.0183. The van der Waals surface area contributed by atoms with Gasteiger partial charge in [-0.2, -0.15) is 0 Å². The lowest BCUT2D eigenvalue weighted by Crippen LogP contribution is -2.56. The molecule has 5 N–H and O–H groups in total. The number of thiocarbonyl (C=S) groups is 1. The van der Waals surface area contributed by atoms with Crippen molar-refractivity contribution in [2.24, 2.45) is 5.14 Å². The number of rotatable bonds is 6. The summed E-state index contributed by atoms with van der Waals surface area (Å²) < 4.78 is 25.7. The van der Waals surface area contributed by atoms with Crippen LogP contribution in [0.25, 0.3) is 0 Å². The van der Waals surface area contributed by atoms with Crippen molar-refractivity contribution in [3.63, 3.8) is 0 Å². The number of sulfonamides is 1. The molecule has 2 aromatic rings. The molecule has 0 saturated carbocycles. The first-order valence-electron chi connectivity index (χ1n) is 8.12. The van der Waals surface area contributed by atoms with Gasteiger partial charge in [0.15, 0.2) is 5.11 Å². The molecule has 0 fully saturated rings. The lowest BCUT2D eigenvalue weighted by atomic mass is 10.2. The summed E-state index contributed by atoms with van der Waals surface area (Å²) in [4.78, 5) is 12.4. The molecule has 0 aliphatic carbocycles. The Balaban J connectivity index is 2.06. The van der Waals surface area contributed by atoms with Crippen molar-refractivity contribution in [3.8, 4) is 5.75 Å². The predicted octanol–water partition coefficient (Wildman–Crippen LogP) is 2.76. The number of ether oxygens (including phenoxy) is 1. The summed E-state index contributed by atoms with van der Waals surface area (Å²) in [6, 6.07) is 11.8. The van der Waals surface area contributed by atoms with E-state index in [1.165, 1.54) is 31.4 Å². The van der Waals surface area contributed by atoms with E-state index >= 15 is 0 Å². The normalized spacial score (nSPS) is 12.6. The van der Waals surface area contributed by atoms with Crippen molar-refractivity contribution in [2.45, 2.75) is 14.9 Å². The highest BCUT2D eigenvalue weighted by atomic mass is 35.6. The fourth-order valence-electron chi connectivity index (χ4n) is 2.18. The van der Waals surface area contributed by atoms with Gasteiger partial charge in [0, 0.05) is 11.3 Å². The van der Waals surface area contributed by atoms with Gasteiger partial charge in [0.25, 0.3) is 5.91 Å². The van der Waals surface area contributed by atoms with E-state index in [2.05, 4.69) is 16.0 Å². The molecule has 8 nitrogen and oxygen atoms in total. The lowest BCUT2D eigenvalue weighted by Gasteiger charge is -2.27. The molecule has 0 saturated heterocycles. The number of anilines is 1. The average Bonchev–Trinajstić information content (AvgIpc) is 2.66. The molecule has 30 heavy (non-hydrogen) atoms. The van der Waals surface area contributed by atoms with Crippen LogP contribution in [0.1, 0.15) is 10.4 Å². The Hall–Kier alpha value is -1.82. The smallest absolute Gasteiger partial charge is 0.252 e. The third-order valence-electron chi connectivity index (χ3n) is 3.67. The molecule has 0 unspecified atom stereocenters. The zero-order chi connectivity index (χ0) is 22.5. The number of benzene rings is 2. The molecule has 13 heteroatoms. The Morgan fingerprint density at radius 1 is 1.07 bits per heavy atom. The van der Waals surface area contributed by atoms with Gasteiger partial charge < -0.3 is 20.7 Å². The highest BCUT2D eigenvalue weighted by molar-refractivity contribution is 7.89. The minimum Gasteiger partial charge on any atom is -0.497 e. The summed E-state index contributed by atoms with van der Waals surface area (Å²) in [6.45, 7) is 0. The molecule has 0 aromatic heterocycles. The van der Waals surface area contributed by atoms with Crippen LogP contribution < -0.4 is 25.8 Å². The lowest BCUT2D eigenvalue weighted by molar-refractivity contribution is 0.0934. The van der Waals surface area contributed by atoms with Crippen LogP contribution in [0.5, 0.6) is 5.75 Å². The molecule has 0 heterocycles. The van der Waals surface area contributed by atoms with E-state index < -0.39 is 25.9 Å². The van der Waals surface area contributed by atoms with Gasteiger partial charge in [-0.05, 0) is 60.7 Å². The first-order chi connectivity index (χ1) is 13.9. The molecule has 1 amide bonds. The van der Waals surface area contributed by atoms with Crippen molar-refractivity contribution < 1.29 is 17.9 Å². The van der Waals surface area contributed by atoms with Crippen LogP contribution in [0.2, 0.25) is 0 Å². The van der Waals surface area contributed by atoms with Gasteiger partial charge in [-0.25, -0.2) is 13.6 Å². The highest BCUT2D eigenvalue weighted by Gasteiger charge is 2.35. The minimum atomic E-state index is -3.81. The standard InChI is InChI=1S/C17H17Cl3N4O4S2/c1-28-12-6-2-10(3-7-12)14(25)23-15(17(18,19)20)24-16(29)22-11-4-8-13(9-5-11)30(21,26)27/h2-9,15H,1H3,(H,23,25)(H2,21,26,27)(H2,22,24,29)/t15-/m1/s1. The number of nitrogens with one attached hydrogen (secondary N) is 3. The summed E-state index contributed by atoms with van der Waals surface area (Å²) in [6.07, 6.45) is -1.18. The first kappa shape index (κ1) is 24.4. The van der Waals surface area contributed by atoms with Gasteiger partial charge in [0.05, 0.1) is 12.0 Å². The first-order valence-corrected chi connectivity index (χ1v) is 11.2. The number of amides is 1. The predicted molar refractivity (Wildman–Crippen MR) is 122 cm³/mol. The molecule has 0 radical (unpaired) electrons. The summed E-state index contributed by atoms with van der Waals surface area (Å²) in [5.74, 6) is 0.0724. The third-order valence-corrected chi connectivity index (χ3v) is 5.47. The fourth-order valence-corrected chi connectivity index (χ4v) is 3.26. The molecule has 1 atom stereocenters. The molecule has 2 rings (SSSR count). The van der Waals surface area contributed by atoms with Crippen molar-refractivity contribution in [2.75, 3.05) is 12.4 Å². The van der Waals surface area contributed by atoms with Crippen LogP contribution in [-0.2, 0) is 10.0 Å². The molecular formula is C17H17Cl3N4O4S2. The number of carbonyl (C=O) groups excluding carboxylic acids is 1. The van der Waals surface area contributed by atoms with E-state index in [1.54, 1.807) is 24.3 Å². The second kappa shape index (κ2) is 9.99. The van der Waals surface area contributed by atoms with Crippen LogP contribution in [-0.4, -0.2) is 36.5 Å². The zero-order valence-electron chi connectivity index (χ0n) is 15.4. The number of halogens is 3. The maximum Gasteiger partial charge on any atom is 0.252 e. The summed E-state index contributed by atoms with van der Waals surface area (Å²) >= 11 is 23.1. The third kappa shape index (κ3) is 7.15. The number of alkyl halides is 3. The second-order valence-corrected chi connectivity index (χ2v) is 10.2. The molecule has 0 bridgehead atoms. The monoisotopic (exact) mass is 510 g/mol. The van der Waals surface area contributed by atoms with Crippen molar-refractivity contribution in [1.82, 2.24) is 10.6 Å². The van der Waals surface area contributed by atoms with E-state index in [9.17, 15) is 13.2 Å². The summed E-state index contributed by atoms with van der Waals surface area (Å²) in [5, 5.41) is 13.1. The molecule has 0 spiro atoms. The number of hydrogen-bond donors (Lipinski definition) is 4. The van der Waals surface area contributed by atoms with E-state index in [1.807, 2.05) is 0 Å². The maximum atomic E-state index is 12.5. The number of primary sulfonamides is 1. The van der Waals surface area contributed by atoms with Gasteiger partial charge in [-0.3, -0.25) is 4.79 Å². The quantitative estimate of drug-likeness (QED) is 0.267. The SMILES string of the molecule is COc1ccc(C(=O)N[C@H](NC(=S)Nc2ccc(S(N)(=O)=O)cc2)C(Cl)(Cl)Cl)cc1. The van der Waals surface area contributed by atoms with E-state index in [0.29, 0.717) is 17.0 Å². The average molecular weight is 512 g/mol. The van der Waals surface area contributed by atoms with Crippen molar-refractivity contribution in [3.05, 3.63) is 54.1 Å². The summed E-state index contributed by atoms with van der Waals surface area (Å²) in [7, 11) is -2.31. The molecule has 162 valence electrons. The van der Waals surface area contributed by atoms with Gasteiger partial charge in [0.2, 0.25) is 13.8 Å². The van der Waals surface area contributed by atoms with Crippen LogP contribution in [0.3, 0.4) is 0 Å². The molecular weight excluding hydrogens is 495 g/mol. The van der Waals surface area contributed by atoms with Crippen LogP contribution in [0.4, 0.5) is 5.69 Å². The van der Waals surface area contributed by atoms with E-state index in [-0.39, 0.29) is 10.0 Å². The Labute approximate surface area is 194 Å². The number of hydrogen-bond acceptors (Lipinski definition) is 5.